The van der Waals surface area contributed by atoms with Gasteiger partial charge in [-0.2, -0.15) is 0 Å². The molecule has 1 heterocycles. The Hall–Kier alpha value is -0.870. The summed E-state index contributed by atoms with van der Waals surface area (Å²) < 4.78 is 6.34. The highest BCUT2D eigenvalue weighted by atomic mass is 79.9. The number of likely N-dealkylation sites (N-methyl/N-ethyl adjacent to an activating group) is 1. The number of ether oxygens (including phenoxy) is 1. The molecule has 2 rings (SSSR count). The Balaban J connectivity index is 2.43. The summed E-state index contributed by atoms with van der Waals surface area (Å²) in [5.74, 6) is 0.764. The van der Waals surface area contributed by atoms with Crippen LogP contribution in [0.2, 0.25) is 0 Å². The van der Waals surface area contributed by atoms with E-state index in [9.17, 15) is 4.79 Å². The standard InChI is InChI=1S/C10H10BrNO2/c1-12-8-5-14-9-3-2-6(11)4-7(9)10(8)13/h2-4,8,12H,5H2,1H3. The van der Waals surface area contributed by atoms with Crippen LogP contribution in [0.1, 0.15) is 10.4 Å². The van der Waals surface area contributed by atoms with Gasteiger partial charge in [-0.25, -0.2) is 0 Å². The number of ketones is 1. The molecule has 1 atom stereocenters. The number of carbonyl (C=O) groups excluding carboxylic acids is 1. The molecule has 0 saturated carbocycles. The summed E-state index contributed by atoms with van der Waals surface area (Å²) in [6.45, 7) is 0.407. The molecule has 0 aromatic heterocycles. The van der Waals surface area contributed by atoms with Gasteiger partial charge in [0.05, 0.1) is 5.56 Å². The fraction of sp³-hybridized carbons (Fsp3) is 0.300. The van der Waals surface area contributed by atoms with E-state index >= 15 is 0 Å². The molecule has 0 bridgehead atoms. The minimum absolute atomic E-state index is 0.0926. The van der Waals surface area contributed by atoms with Gasteiger partial charge in [-0.1, -0.05) is 15.9 Å². The van der Waals surface area contributed by atoms with Gasteiger partial charge < -0.3 is 10.1 Å². The lowest BCUT2D eigenvalue weighted by atomic mass is 10.0. The topological polar surface area (TPSA) is 38.3 Å². The number of hydrogen-bond donors (Lipinski definition) is 1. The molecule has 1 aliphatic rings. The summed E-state index contributed by atoms with van der Waals surface area (Å²) in [6.07, 6.45) is 0. The number of fused-ring (bicyclic) bond motifs is 1. The van der Waals surface area contributed by atoms with Gasteiger partial charge in [0, 0.05) is 4.47 Å². The molecule has 0 saturated heterocycles. The number of rotatable bonds is 1. The van der Waals surface area contributed by atoms with Gasteiger partial charge in [0.15, 0.2) is 5.78 Å². The fourth-order valence-electron chi connectivity index (χ4n) is 1.47. The first-order chi connectivity index (χ1) is 6.72. The molecule has 0 radical (unpaired) electrons. The maximum Gasteiger partial charge on any atom is 0.186 e. The van der Waals surface area contributed by atoms with Crippen LogP contribution in [-0.4, -0.2) is 25.5 Å². The second-order valence-electron chi connectivity index (χ2n) is 3.16. The Morgan fingerprint density at radius 2 is 2.36 bits per heavy atom. The van der Waals surface area contributed by atoms with Crippen LogP contribution in [0.5, 0.6) is 5.75 Å². The van der Waals surface area contributed by atoms with E-state index in [1.54, 1.807) is 13.1 Å². The summed E-state index contributed by atoms with van der Waals surface area (Å²) in [5.41, 5.74) is 0.643. The Morgan fingerprint density at radius 3 is 3.07 bits per heavy atom. The van der Waals surface area contributed by atoms with Gasteiger partial charge >= 0.3 is 0 Å². The normalized spacial score (nSPS) is 20.1. The maximum atomic E-state index is 11.8. The Bertz CT molecular complexity index is 378. The van der Waals surface area contributed by atoms with Crippen LogP contribution in [0, 0.1) is 0 Å². The van der Waals surface area contributed by atoms with Crippen molar-refractivity contribution >= 4 is 21.7 Å². The van der Waals surface area contributed by atoms with Gasteiger partial charge in [-0.05, 0) is 25.2 Å². The average molecular weight is 256 g/mol. The van der Waals surface area contributed by atoms with E-state index in [-0.39, 0.29) is 11.8 Å². The molecule has 1 unspecified atom stereocenters. The number of carbonyl (C=O) groups is 1. The van der Waals surface area contributed by atoms with Gasteiger partial charge in [0.25, 0.3) is 0 Å². The molecule has 1 N–H and O–H groups in total. The average Bonchev–Trinajstić information content (AvgIpc) is 2.20. The van der Waals surface area contributed by atoms with E-state index in [4.69, 9.17) is 4.74 Å². The van der Waals surface area contributed by atoms with E-state index in [1.165, 1.54) is 0 Å². The van der Waals surface area contributed by atoms with Crippen molar-refractivity contribution in [1.29, 1.82) is 0 Å². The smallest absolute Gasteiger partial charge is 0.186 e. The van der Waals surface area contributed by atoms with Gasteiger partial charge in [0.1, 0.15) is 18.4 Å². The van der Waals surface area contributed by atoms with Crippen molar-refractivity contribution in [3.63, 3.8) is 0 Å². The Kier molecular flexibility index (Phi) is 2.56. The predicted molar refractivity (Wildman–Crippen MR) is 56.8 cm³/mol. The molecule has 3 nitrogen and oxygen atoms in total. The fourth-order valence-corrected chi connectivity index (χ4v) is 1.83. The quantitative estimate of drug-likeness (QED) is 0.829. The van der Waals surface area contributed by atoms with Gasteiger partial charge in [-0.15, -0.1) is 0 Å². The molecule has 0 fully saturated rings. The van der Waals surface area contributed by atoms with Crippen molar-refractivity contribution in [2.75, 3.05) is 13.7 Å². The number of benzene rings is 1. The van der Waals surface area contributed by atoms with Gasteiger partial charge in [-0.3, -0.25) is 4.79 Å². The molecule has 1 aromatic rings. The molecule has 0 aliphatic carbocycles. The van der Waals surface area contributed by atoms with Crippen LogP contribution in [-0.2, 0) is 0 Å². The first-order valence-electron chi connectivity index (χ1n) is 4.36. The third-order valence-electron chi connectivity index (χ3n) is 2.28. The van der Waals surface area contributed by atoms with Crippen molar-refractivity contribution in [2.24, 2.45) is 0 Å². The third kappa shape index (κ3) is 1.55. The van der Waals surface area contributed by atoms with E-state index in [1.807, 2.05) is 12.1 Å². The number of nitrogens with one attached hydrogen (secondary N) is 1. The number of hydrogen-bond acceptors (Lipinski definition) is 3. The van der Waals surface area contributed by atoms with E-state index in [0.717, 1.165) is 4.47 Å². The van der Waals surface area contributed by atoms with Crippen molar-refractivity contribution in [3.8, 4) is 5.75 Å². The van der Waals surface area contributed by atoms with Crippen molar-refractivity contribution in [1.82, 2.24) is 5.32 Å². The summed E-state index contributed by atoms with van der Waals surface area (Å²) >= 11 is 3.33. The Morgan fingerprint density at radius 1 is 1.57 bits per heavy atom. The SMILES string of the molecule is CNC1COc2ccc(Br)cc2C1=O. The van der Waals surface area contributed by atoms with Crippen molar-refractivity contribution < 1.29 is 9.53 Å². The van der Waals surface area contributed by atoms with E-state index in [2.05, 4.69) is 21.2 Å². The van der Waals surface area contributed by atoms with Crippen LogP contribution in [0.4, 0.5) is 0 Å². The van der Waals surface area contributed by atoms with E-state index in [0.29, 0.717) is 17.9 Å². The maximum absolute atomic E-state index is 11.8. The molecular formula is C10H10BrNO2. The number of halogens is 1. The zero-order valence-electron chi connectivity index (χ0n) is 7.71. The first kappa shape index (κ1) is 9.68. The lowest BCUT2D eigenvalue weighted by Crippen LogP contribution is -2.42. The minimum atomic E-state index is -0.225. The third-order valence-corrected chi connectivity index (χ3v) is 2.77. The number of Topliss-reactive ketones (excluding diaryl/α,β-unsaturated/α-hetero) is 1. The molecule has 74 valence electrons. The van der Waals surface area contributed by atoms with Crippen molar-refractivity contribution in [3.05, 3.63) is 28.2 Å². The van der Waals surface area contributed by atoms with E-state index < -0.39 is 0 Å². The lowest BCUT2D eigenvalue weighted by Gasteiger charge is -2.23. The minimum Gasteiger partial charge on any atom is -0.491 e. The molecule has 1 aromatic carbocycles. The zero-order valence-corrected chi connectivity index (χ0v) is 9.30. The monoisotopic (exact) mass is 255 g/mol. The summed E-state index contributed by atoms with van der Waals surface area (Å²) in [6, 6.07) is 5.24. The molecule has 0 spiro atoms. The van der Waals surface area contributed by atoms with Crippen LogP contribution >= 0.6 is 15.9 Å². The lowest BCUT2D eigenvalue weighted by molar-refractivity contribution is 0.0877. The Labute approximate surface area is 90.6 Å². The van der Waals surface area contributed by atoms with Crippen LogP contribution in [0.3, 0.4) is 0 Å². The predicted octanol–water partition coefficient (Wildman–Crippen LogP) is 1.61. The highest BCUT2D eigenvalue weighted by Crippen LogP contribution is 2.27. The highest BCUT2D eigenvalue weighted by Gasteiger charge is 2.27. The highest BCUT2D eigenvalue weighted by molar-refractivity contribution is 9.10. The zero-order chi connectivity index (χ0) is 10.1. The molecule has 0 amide bonds. The summed E-state index contributed by atoms with van der Waals surface area (Å²) in [5, 5.41) is 2.92. The molecular weight excluding hydrogens is 246 g/mol. The van der Waals surface area contributed by atoms with Crippen LogP contribution < -0.4 is 10.1 Å². The second kappa shape index (κ2) is 3.71. The first-order valence-corrected chi connectivity index (χ1v) is 5.15. The summed E-state index contributed by atoms with van der Waals surface area (Å²) in [4.78, 5) is 11.8. The second-order valence-corrected chi connectivity index (χ2v) is 4.07. The summed E-state index contributed by atoms with van der Waals surface area (Å²) in [7, 11) is 1.76. The molecule has 14 heavy (non-hydrogen) atoms. The van der Waals surface area contributed by atoms with Crippen LogP contribution in [0.15, 0.2) is 22.7 Å². The van der Waals surface area contributed by atoms with Crippen molar-refractivity contribution in [2.45, 2.75) is 6.04 Å². The molecule has 4 heteroatoms. The molecule has 1 aliphatic heterocycles. The van der Waals surface area contributed by atoms with Crippen LogP contribution in [0.25, 0.3) is 0 Å². The van der Waals surface area contributed by atoms with Gasteiger partial charge in [0.2, 0.25) is 0 Å². The largest absolute Gasteiger partial charge is 0.491 e.